The number of ether oxygens (including phenoxy) is 1. The number of rotatable bonds is 5. The van der Waals surface area contributed by atoms with Gasteiger partial charge in [0.15, 0.2) is 0 Å². The fraction of sp³-hybridized carbons (Fsp3) is 0.579. The van der Waals surface area contributed by atoms with Crippen molar-refractivity contribution in [1.82, 2.24) is 24.6 Å². The van der Waals surface area contributed by atoms with Crippen molar-refractivity contribution in [2.45, 2.75) is 46.1 Å². The van der Waals surface area contributed by atoms with Crippen LogP contribution in [0.3, 0.4) is 0 Å². The Kier molecular flexibility index (Phi) is 5.66. The zero-order chi connectivity index (χ0) is 18.7. The molecule has 1 aliphatic rings. The van der Waals surface area contributed by atoms with Crippen molar-refractivity contribution in [2.24, 2.45) is 7.05 Å². The minimum absolute atomic E-state index is 0.0717. The highest BCUT2D eigenvalue weighted by atomic mass is 16.5. The lowest BCUT2D eigenvalue weighted by atomic mass is 9.90. The molecule has 0 unspecified atom stereocenters. The van der Waals surface area contributed by atoms with Crippen molar-refractivity contribution in [1.29, 1.82) is 0 Å². The second-order valence-corrected chi connectivity index (χ2v) is 6.80. The average Bonchev–Trinajstić information content (AvgIpc) is 2.99. The van der Waals surface area contributed by atoms with Gasteiger partial charge in [-0.1, -0.05) is 0 Å². The van der Waals surface area contributed by atoms with E-state index in [9.17, 15) is 4.79 Å². The van der Waals surface area contributed by atoms with Gasteiger partial charge in [-0.05, 0) is 33.6 Å². The van der Waals surface area contributed by atoms with Gasteiger partial charge in [-0.3, -0.25) is 9.48 Å². The van der Waals surface area contributed by atoms with E-state index in [2.05, 4.69) is 15.1 Å². The summed E-state index contributed by atoms with van der Waals surface area (Å²) in [6, 6.07) is 0. The molecule has 26 heavy (non-hydrogen) atoms. The fourth-order valence-corrected chi connectivity index (χ4v) is 3.42. The summed E-state index contributed by atoms with van der Waals surface area (Å²) in [7, 11) is 1.86. The lowest BCUT2D eigenvalue weighted by Gasteiger charge is -2.32. The van der Waals surface area contributed by atoms with Crippen LogP contribution < -0.4 is 0 Å². The minimum Gasteiger partial charge on any atom is -0.377 e. The molecule has 1 aliphatic heterocycles. The Bertz CT molecular complexity index is 778. The topological polar surface area (TPSA) is 73.1 Å². The summed E-state index contributed by atoms with van der Waals surface area (Å²) in [5.74, 6) is 1.19. The molecular formula is C19H27N5O2. The predicted molar refractivity (Wildman–Crippen MR) is 97.9 cm³/mol. The number of hydrogen-bond acceptors (Lipinski definition) is 5. The van der Waals surface area contributed by atoms with Gasteiger partial charge in [0.25, 0.3) is 5.91 Å². The number of carbonyl (C=O) groups excluding carboxylic acids is 1. The number of piperidine rings is 1. The van der Waals surface area contributed by atoms with Crippen LogP contribution >= 0.6 is 0 Å². The van der Waals surface area contributed by atoms with Crippen LogP contribution in [0.2, 0.25) is 0 Å². The molecule has 0 N–H and O–H groups in total. The van der Waals surface area contributed by atoms with Crippen LogP contribution in [0.4, 0.5) is 0 Å². The summed E-state index contributed by atoms with van der Waals surface area (Å²) in [5, 5.41) is 4.18. The van der Waals surface area contributed by atoms with Crippen molar-refractivity contribution in [3.05, 3.63) is 40.7 Å². The molecule has 0 bridgehead atoms. The van der Waals surface area contributed by atoms with Crippen molar-refractivity contribution in [3.8, 4) is 0 Å². The maximum absolute atomic E-state index is 12.8. The SMILES string of the molecule is CCOCc1cnc(C)nc1C1CCN(C(=O)c2cnn(C)c2C)CC1. The van der Waals surface area contributed by atoms with Gasteiger partial charge < -0.3 is 9.64 Å². The molecule has 2 aromatic rings. The van der Waals surface area contributed by atoms with Crippen molar-refractivity contribution in [2.75, 3.05) is 19.7 Å². The van der Waals surface area contributed by atoms with Gasteiger partial charge in [-0.25, -0.2) is 9.97 Å². The van der Waals surface area contributed by atoms with Crippen LogP contribution in [0.25, 0.3) is 0 Å². The molecule has 0 aliphatic carbocycles. The lowest BCUT2D eigenvalue weighted by molar-refractivity contribution is 0.0709. The Morgan fingerprint density at radius 2 is 2.00 bits per heavy atom. The van der Waals surface area contributed by atoms with E-state index in [-0.39, 0.29) is 5.91 Å². The minimum atomic E-state index is 0.0717. The first-order chi connectivity index (χ1) is 12.5. The normalized spacial score (nSPS) is 15.5. The Morgan fingerprint density at radius 1 is 1.27 bits per heavy atom. The number of aromatic nitrogens is 4. The largest absolute Gasteiger partial charge is 0.377 e. The van der Waals surface area contributed by atoms with Crippen LogP contribution in [0, 0.1) is 13.8 Å². The van der Waals surface area contributed by atoms with Gasteiger partial charge in [0.2, 0.25) is 0 Å². The van der Waals surface area contributed by atoms with Crippen LogP contribution in [0.15, 0.2) is 12.4 Å². The number of carbonyl (C=O) groups is 1. The zero-order valence-electron chi connectivity index (χ0n) is 16.0. The molecule has 7 heteroatoms. The summed E-state index contributed by atoms with van der Waals surface area (Å²) in [5.41, 5.74) is 3.74. The van der Waals surface area contributed by atoms with Crippen LogP contribution in [-0.4, -0.2) is 50.3 Å². The van der Waals surface area contributed by atoms with Gasteiger partial charge in [0.1, 0.15) is 5.82 Å². The van der Waals surface area contributed by atoms with Crippen LogP contribution in [0.5, 0.6) is 0 Å². The molecular weight excluding hydrogens is 330 g/mol. The standard InChI is InChI=1S/C19H27N5O2/c1-5-26-12-16-10-20-14(3)22-18(16)15-6-8-24(9-7-15)19(25)17-11-21-23(4)13(17)2/h10-11,15H,5-9,12H2,1-4H3. The van der Waals surface area contributed by atoms with Gasteiger partial charge in [0.05, 0.1) is 24.1 Å². The Labute approximate surface area is 154 Å². The van der Waals surface area contributed by atoms with Crippen molar-refractivity contribution < 1.29 is 9.53 Å². The summed E-state index contributed by atoms with van der Waals surface area (Å²) < 4.78 is 7.31. The monoisotopic (exact) mass is 357 g/mol. The Balaban J connectivity index is 1.70. The highest BCUT2D eigenvalue weighted by Crippen LogP contribution is 2.30. The molecule has 140 valence electrons. The van der Waals surface area contributed by atoms with Gasteiger partial charge >= 0.3 is 0 Å². The van der Waals surface area contributed by atoms with E-state index in [1.54, 1.807) is 10.9 Å². The predicted octanol–water partition coefficient (Wildman–Crippen LogP) is 2.38. The first kappa shape index (κ1) is 18.5. The zero-order valence-corrected chi connectivity index (χ0v) is 16.0. The second-order valence-electron chi connectivity index (χ2n) is 6.80. The molecule has 1 saturated heterocycles. The molecule has 1 amide bonds. The second kappa shape index (κ2) is 7.95. The first-order valence-corrected chi connectivity index (χ1v) is 9.19. The molecule has 0 atom stereocenters. The Morgan fingerprint density at radius 3 is 2.62 bits per heavy atom. The fourth-order valence-electron chi connectivity index (χ4n) is 3.42. The third-order valence-electron chi connectivity index (χ3n) is 5.11. The van der Waals surface area contributed by atoms with E-state index >= 15 is 0 Å². The maximum Gasteiger partial charge on any atom is 0.257 e. The molecule has 7 nitrogen and oxygen atoms in total. The molecule has 0 saturated carbocycles. The first-order valence-electron chi connectivity index (χ1n) is 9.19. The molecule has 2 aromatic heterocycles. The maximum atomic E-state index is 12.8. The summed E-state index contributed by atoms with van der Waals surface area (Å²) in [6.07, 6.45) is 5.35. The van der Waals surface area contributed by atoms with E-state index < -0.39 is 0 Å². The van der Waals surface area contributed by atoms with E-state index in [0.717, 1.165) is 48.7 Å². The molecule has 3 heterocycles. The number of nitrogens with zero attached hydrogens (tertiary/aromatic N) is 5. The summed E-state index contributed by atoms with van der Waals surface area (Å²) in [6.45, 7) is 8.50. The van der Waals surface area contributed by atoms with Gasteiger partial charge in [-0.15, -0.1) is 0 Å². The summed E-state index contributed by atoms with van der Waals surface area (Å²) >= 11 is 0. The number of aryl methyl sites for hydroxylation is 2. The van der Waals surface area contributed by atoms with E-state index in [1.807, 2.05) is 38.9 Å². The highest BCUT2D eigenvalue weighted by Gasteiger charge is 2.28. The number of amides is 1. The van der Waals surface area contributed by atoms with E-state index in [1.165, 1.54) is 0 Å². The highest BCUT2D eigenvalue weighted by molar-refractivity contribution is 5.95. The quantitative estimate of drug-likeness (QED) is 0.821. The average molecular weight is 357 g/mol. The molecule has 3 rings (SSSR count). The molecule has 0 spiro atoms. The number of hydrogen-bond donors (Lipinski definition) is 0. The third kappa shape index (κ3) is 3.77. The van der Waals surface area contributed by atoms with Crippen LogP contribution in [0.1, 0.15) is 58.8 Å². The molecule has 1 fully saturated rings. The number of likely N-dealkylation sites (tertiary alicyclic amines) is 1. The van der Waals surface area contributed by atoms with E-state index in [4.69, 9.17) is 4.74 Å². The van der Waals surface area contributed by atoms with E-state index in [0.29, 0.717) is 24.7 Å². The lowest BCUT2D eigenvalue weighted by Crippen LogP contribution is -2.38. The van der Waals surface area contributed by atoms with Crippen molar-refractivity contribution in [3.63, 3.8) is 0 Å². The van der Waals surface area contributed by atoms with Crippen molar-refractivity contribution >= 4 is 5.91 Å². The third-order valence-corrected chi connectivity index (χ3v) is 5.11. The Hall–Kier alpha value is -2.28. The van der Waals surface area contributed by atoms with Gasteiger partial charge in [0, 0.05) is 50.1 Å². The van der Waals surface area contributed by atoms with Gasteiger partial charge in [-0.2, -0.15) is 5.10 Å². The molecule has 0 aromatic carbocycles. The smallest absolute Gasteiger partial charge is 0.257 e. The van der Waals surface area contributed by atoms with Crippen LogP contribution in [-0.2, 0) is 18.4 Å². The molecule has 0 radical (unpaired) electrons. The summed E-state index contributed by atoms with van der Waals surface area (Å²) in [4.78, 5) is 23.7.